The number of fused-ring (bicyclic) bond motifs is 1. The number of aryl methyl sites for hydroxylation is 2. The van der Waals surface area contributed by atoms with Crippen molar-refractivity contribution in [2.75, 3.05) is 0 Å². The second-order valence-corrected chi connectivity index (χ2v) is 11.6. The summed E-state index contributed by atoms with van der Waals surface area (Å²) in [5.74, 6) is 0.665. The van der Waals surface area contributed by atoms with E-state index < -0.39 is 6.04 Å². The minimum absolute atomic E-state index is 0.123. The van der Waals surface area contributed by atoms with E-state index >= 15 is 0 Å². The van der Waals surface area contributed by atoms with E-state index in [2.05, 4.69) is 94.9 Å². The molecule has 8 heteroatoms. The molecule has 1 unspecified atom stereocenters. The lowest BCUT2D eigenvalue weighted by atomic mass is 9.98. The molecule has 196 valence electrons. The van der Waals surface area contributed by atoms with Crippen LogP contribution < -0.4 is 5.56 Å². The Morgan fingerprint density at radius 1 is 1.05 bits per heavy atom. The highest BCUT2D eigenvalue weighted by atomic mass is 32.1. The van der Waals surface area contributed by atoms with Crippen molar-refractivity contribution in [2.45, 2.75) is 65.7 Å². The molecular weight excluding hydrogens is 492 g/mol. The Balaban J connectivity index is 1.75. The van der Waals surface area contributed by atoms with Gasteiger partial charge in [-0.1, -0.05) is 55.0 Å². The highest BCUT2D eigenvalue weighted by Gasteiger charge is 2.34. The van der Waals surface area contributed by atoms with E-state index in [1.807, 2.05) is 35.9 Å². The molecule has 0 spiro atoms. The van der Waals surface area contributed by atoms with E-state index in [1.165, 1.54) is 4.88 Å². The van der Waals surface area contributed by atoms with Crippen LogP contribution in [-0.2, 0) is 18.6 Å². The molecule has 38 heavy (non-hydrogen) atoms. The third-order valence-electron chi connectivity index (χ3n) is 7.33. The summed E-state index contributed by atoms with van der Waals surface area (Å²) < 4.78 is 1.90. The van der Waals surface area contributed by atoms with Crippen molar-refractivity contribution in [3.8, 4) is 0 Å². The van der Waals surface area contributed by atoms with Gasteiger partial charge in [-0.25, -0.2) is 4.68 Å². The van der Waals surface area contributed by atoms with Gasteiger partial charge in [0.1, 0.15) is 6.04 Å². The van der Waals surface area contributed by atoms with E-state index in [-0.39, 0.29) is 11.1 Å². The Morgan fingerprint density at radius 2 is 1.84 bits per heavy atom. The number of nitrogens with one attached hydrogen (secondary N) is 1. The Hall–Kier alpha value is -3.62. The second-order valence-electron chi connectivity index (χ2n) is 10.6. The van der Waals surface area contributed by atoms with Gasteiger partial charge in [-0.05, 0) is 84.6 Å². The van der Waals surface area contributed by atoms with Crippen molar-refractivity contribution >= 4 is 22.2 Å². The number of aromatic nitrogens is 5. The third-order valence-corrected chi connectivity index (χ3v) is 8.19. The molecule has 0 radical (unpaired) electrons. The highest BCUT2D eigenvalue weighted by molar-refractivity contribution is 7.09. The fourth-order valence-corrected chi connectivity index (χ4v) is 5.74. The summed E-state index contributed by atoms with van der Waals surface area (Å²) in [5, 5.41) is 16.2. The first-order chi connectivity index (χ1) is 18.3. The lowest BCUT2D eigenvalue weighted by Gasteiger charge is -2.33. The summed E-state index contributed by atoms with van der Waals surface area (Å²) >= 11 is 1.71. The molecule has 5 aromatic rings. The molecule has 5 rings (SSSR count). The summed E-state index contributed by atoms with van der Waals surface area (Å²) in [4.78, 5) is 20.6. The quantitative estimate of drug-likeness (QED) is 0.250. The summed E-state index contributed by atoms with van der Waals surface area (Å²) in [6.07, 6.45) is 0.841. The molecular formula is C30H34N6OS. The number of H-pyrrole nitrogens is 1. The maximum Gasteiger partial charge on any atom is 0.253 e. The van der Waals surface area contributed by atoms with Gasteiger partial charge in [0.2, 0.25) is 0 Å². The number of pyridine rings is 1. The predicted octanol–water partition coefficient (Wildman–Crippen LogP) is 6.13. The van der Waals surface area contributed by atoms with Crippen molar-refractivity contribution < 1.29 is 0 Å². The maximum absolute atomic E-state index is 13.8. The Labute approximate surface area is 227 Å². The zero-order chi connectivity index (χ0) is 26.9. The van der Waals surface area contributed by atoms with E-state index in [0.717, 1.165) is 34.0 Å². The van der Waals surface area contributed by atoms with Crippen LogP contribution in [0.4, 0.5) is 0 Å². The predicted molar refractivity (Wildman–Crippen MR) is 153 cm³/mol. The zero-order valence-corrected chi connectivity index (χ0v) is 23.4. The second kappa shape index (κ2) is 10.6. The van der Waals surface area contributed by atoms with Crippen molar-refractivity contribution in [3.05, 3.63) is 109 Å². The summed E-state index contributed by atoms with van der Waals surface area (Å²) in [6.45, 7) is 11.8. The topological polar surface area (TPSA) is 79.7 Å². The van der Waals surface area contributed by atoms with Gasteiger partial charge in [-0.2, -0.15) is 0 Å². The van der Waals surface area contributed by atoms with E-state index in [0.29, 0.717) is 24.5 Å². The van der Waals surface area contributed by atoms with Crippen LogP contribution >= 0.6 is 11.3 Å². The smallest absolute Gasteiger partial charge is 0.253 e. The number of nitrogens with zero attached hydrogens (tertiary/aromatic N) is 5. The average molecular weight is 527 g/mol. The molecule has 0 bridgehead atoms. The Kier molecular flexibility index (Phi) is 7.27. The van der Waals surface area contributed by atoms with E-state index in [9.17, 15) is 4.79 Å². The van der Waals surface area contributed by atoms with Gasteiger partial charge in [0, 0.05) is 23.5 Å². The van der Waals surface area contributed by atoms with Gasteiger partial charge in [0.25, 0.3) is 5.56 Å². The fraction of sp³-hybridized carbons (Fsp3) is 0.333. The van der Waals surface area contributed by atoms with Gasteiger partial charge in [0.15, 0.2) is 5.82 Å². The minimum Gasteiger partial charge on any atom is -0.321 e. The number of hydrogen-bond donors (Lipinski definition) is 1. The highest BCUT2D eigenvalue weighted by Crippen LogP contribution is 2.33. The monoisotopic (exact) mass is 526 g/mol. The Bertz CT molecular complexity index is 1590. The maximum atomic E-state index is 13.8. The Morgan fingerprint density at radius 3 is 2.55 bits per heavy atom. The largest absolute Gasteiger partial charge is 0.321 e. The number of thiophene rings is 1. The number of aromatic amines is 1. The normalized spacial score (nSPS) is 12.9. The van der Waals surface area contributed by atoms with Crippen LogP contribution in [0.2, 0.25) is 0 Å². The summed E-state index contributed by atoms with van der Waals surface area (Å²) in [6, 6.07) is 20.3. The van der Waals surface area contributed by atoms with Crippen LogP contribution in [0.1, 0.15) is 66.2 Å². The molecule has 3 aromatic heterocycles. The molecule has 0 amide bonds. The molecule has 1 N–H and O–H groups in total. The average Bonchev–Trinajstić information content (AvgIpc) is 3.59. The number of hydrogen-bond acceptors (Lipinski definition) is 6. The molecule has 0 aliphatic rings. The van der Waals surface area contributed by atoms with E-state index in [1.54, 1.807) is 11.3 Å². The first kappa shape index (κ1) is 26.0. The van der Waals surface area contributed by atoms with Crippen LogP contribution in [-0.4, -0.2) is 30.1 Å². The van der Waals surface area contributed by atoms with Gasteiger partial charge in [-0.15, -0.1) is 16.4 Å². The molecule has 0 saturated carbocycles. The molecule has 0 fully saturated rings. The first-order valence-electron chi connectivity index (χ1n) is 13.0. The van der Waals surface area contributed by atoms with Crippen LogP contribution in [0.15, 0.2) is 70.8 Å². The van der Waals surface area contributed by atoms with Crippen LogP contribution in [0.5, 0.6) is 0 Å². The lowest BCUT2D eigenvalue weighted by Crippen LogP contribution is -2.37. The number of tetrazole rings is 1. The lowest BCUT2D eigenvalue weighted by molar-refractivity contribution is 0.182. The summed E-state index contributed by atoms with van der Waals surface area (Å²) in [5.41, 5.74) is 4.42. The van der Waals surface area contributed by atoms with Crippen molar-refractivity contribution in [2.24, 2.45) is 0 Å². The standard InChI is InChI=1S/C30H34N6OS/c1-6-30(4,5)36-28(32-33-34-36)27(25-17-23-16-20(2)15-21(3)26(23)31-29(25)37)35(19-24-13-10-14-38-24)18-22-11-8-7-9-12-22/h7-17,27H,6,18-19H2,1-5H3,(H,31,37). The first-order valence-corrected chi connectivity index (χ1v) is 13.9. The molecule has 2 aromatic carbocycles. The van der Waals surface area contributed by atoms with Crippen molar-refractivity contribution in [1.29, 1.82) is 0 Å². The van der Waals surface area contributed by atoms with Gasteiger partial charge >= 0.3 is 0 Å². The fourth-order valence-electron chi connectivity index (χ4n) is 5.01. The van der Waals surface area contributed by atoms with Crippen molar-refractivity contribution in [3.63, 3.8) is 0 Å². The zero-order valence-electron chi connectivity index (χ0n) is 22.6. The van der Waals surface area contributed by atoms with Gasteiger partial charge < -0.3 is 4.98 Å². The minimum atomic E-state index is -0.466. The van der Waals surface area contributed by atoms with Gasteiger partial charge in [0.05, 0.1) is 11.1 Å². The molecule has 7 nitrogen and oxygen atoms in total. The van der Waals surface area contributed by atoms with Crippen LogP contribution in [0, 0.1) is 13.8 Å². The molecule has 0 aliphatic heterocycles. The van der Waals surface area contributed by atoms with E-state index in [4.69, 9.17) is 0 Å². The third kappa shape index (κ3) is 5.19. The van der Waals surface area contributed by atoms with Crippen molar-refractivity contribution in [1.82, 2.24) is 30.1 Å². The molecule has 0 aliphatic carbocycles. The SMILES string of the molecule is CCC(C)(C)n1nnnc1C(c1cc2cc(C)cc(C)c2[nH]c1=O)N(Cc1ccccc1)Cc1cccs1. The molecule has 1 atom stereocenters. The summed E-state index contributed by atoms with van der Waals surface area (Å²) in [7, 11) is 0. The van der Waals surface area contributed by atoms with Crippen LogP contribution in [0.25, 0.3) is 10.9 Å². The molecule has 0 saturated heterocycles. The van der Waals surface area contributed by atoms with Crippen LogP contribution in [0.3, 0.4) is 0 Å². The van der Waals surface area contributed by atoms with Gasteiger partial charge in [-0.3, -0.25) is 9.69 Å². The molecule has 3 heterocycles. The number of rotatable bonds is 9. The number of benzene rings is 2.